The highest BCUT2D eigenvalue weighted by atomic mass is 16.5. The maximum absolute atomic E-state index is 12.8. The number of ether oxygens (including phenoxy) is 1. The number of fused-ring (bicyclic) bond motifs is 1. The Bertz CT molecular complexity index is 1330. The molecule has 2 amide bonds. The predicted octanol–water partition coefficient (Wildman–Crippen LogP) is 2.90. The highest BCUT2D eigenvalue weighted by Gasteiger charge is 2.17. The lowest BCUT2D eigenvalue weighted by atomic mass is 10.0. The van der Waals surface area contributed by atoms with Gasteiger partial charge in [0.1, 0.15) is 0 Å². The summed E-state index contributed by atoms with van der Waals surface area (Å²) in [6, 6.07) is 8.87. The Balaban J connectivity index is 1.53. The number of hydrogen-bond donors (Lipinski definition) is 3. The molecule has 1 aliphatic rings. The SMILES string of the molecule is CCNC(=O)Nc1nc2cc(-c3ccn(CC4CCCO4)c(=O)c3)cc(-n3cccn3)c2[nH]1. The summed E-state index contributed by atoms with van der Waals surface area (Å²) in [4.78, 5) is 32.4. The van der Waals surface area contributed by atoms with Crippen molar-refractivity contribution in [2.75, 3.05) is 18.5 Å². The first-order valence-corrected chi connectivity index (χ1v) is 11.0. The Morgan fingerprint density at radius 1 is 1.27 bits per heavy atom. The molecule has 1 fully saturated rings. The van der Waals surface area contributed by atoms with Crippen LogP contribution in [0.4, 0.5) is 10.7 Å². The summed E-state index contributed by atoms with van der Waals surface area (Å²) in [7, 11) is 0. The van der Waals surface area contributed by atoms with Crippen LogP contribution < -0.4 is 16.2 Å². The topological polar surface area (TPSA) is 119 Å². The molecule has 4 aromatic rings. The minimum absolute atomic E-state index is 0.0793. The Kier molecular flexibility index (Phi) is 5.66. The van der Waals surface area contributed by atoms with Gasteiger partial charge in [-0.25, -0.2) is 14.5 Å². The van der Waals surface area contributed by atoms with E-state index >= 15 is 0 Å². The molecule has 0 aliphatic carbocycles. The van der Waals surface area contributed by atoms with E-state index in [1.165, 1.54) is 0 Å². The maximum Gasteiger partial charge on any atom is 0.321 e. The zero-order valence-corrected chi connectivity index (χ0v) is 18.2. The van der Waals surface area contributed by atoms with Crippen LogP contribution in [0.1, 0.15) is 19.8 Å². The van der Waals surface area contributed by atoms with Crippen LogP contribution in [0.25, 0.3) is 27.8 Å². The van der Waals surface area contributed by atoms with Crippen LogP contribution in [0.3, 0.4) is 0 Å². The lowest BCUT2D eigenvalue weighted by Crippen LogP contribution is -2.28. The minimum Gasteiger partial charge on any atom is -0.376 e. The number of pyridine rings is 1. The number of urea groups is 1. The second-order valence-corrected chi connectivity index (χ2v) is 7.95. The molecule has 0 bridgehead atoms. The molecule has 3 N–H and O–H groups in total. The van der Waals surface area contributed by atoms with Gasteiger partial charge < -0.3 is 19.6 Å². The number of carbonyl (C=O) groups is 1. The minimum atomic E-state index is -0.340. The van der Waals surface area contributed by atoms with Gasteiger partial charge in [0.05, 0.1) is 29.4 Å². The third-order valence-corrected chi connectivity index (χ3v) is 5.65. The highest BCUT2D eigenvalue weighted by molar-refractivity contribution is 5.94. The number of aromatic nitrogens is 5. The molecule has 10 nitrogen and oxygen atoms in total. The molecule has 170 valence electrons. The molecule has 0 radical (unpaired) electrons. The molecule has 1 aliphatic heterocycles. The summed E-state index contributed by atoms with van der Waals surface area (Å²) in [5.74, 6) is 0.327. The fourth-order valence-corrected chi connectivity index (χ4v) is 4.07. The summed E-state index contributed by atoms with van der Waals surface area (Å²) in [5, 5.41) is 9.73. The van der Waals surface area contributed by atoms with Crippen LogP contribution >= 0.6 is 0 Å². The fourth-order valence-electron chi connectivity index (χ4n) is 4.07. The summed E-state index contributed by atoms with van der Waals surface area (Å²) in [5.41, 5.74) is 3.65. The van der Waals surface area contributed by atoms with Crippen LogP contribution in [0, 0.1) is 0 Å². The van der Waals surface area contributed by atoms with Gasteiger partial charge in [-0.15, -0.1) is 0 Å². The molecule has 1 unspecified atom stereocenters. The first kappa shape index (κ1) is 21.0. The molecule has 10 heteroatoms. The number of aromatic amines is 1. The van der Waals surface area contributed by atoms with Crippen LogP contribution in [0.2, 0.25) is 0 Å². The predicted molar refractivity (Wildman–Crippen MR) is 125 cm³/mol. The van der Waals surface area contributed by atoms with Crippen LogP contribution in [-0.4, -0.2) is 49.6 Å². The van der Waals surface area contributed by atoms with E-state index in [1.807, 2.05) is 43.6 Å². The third kappa shape index (κ3) is 4.37. The van der Waals surface area contributed by atoms with Crippen molar-refractivity contribution in [3.8, 4) is 16.8 Å². The molecular weight excluding hydrogens is 422 g/mol. The van der Waals surface area contributed by atoms with Gasteiger partial charge in [0, 0.05) is 37.8 Å². The average Bonchev–Trinajstić information content (AvgIpc) is 3.56. The molecule has 4 heterocycles. The normalized spacial score (nSPS) is 15.7. The summed E-state index contributed by atoms with van der Waals surface area (Å²) in [6.45, 7) is 3.67. The van der Waals surface area contributed by atoms with Gasteiger partial charge in [-0.3, -0.25) is 10.1 Å². The Morgan fingerprint density at radius 3 is 2.91 bits per heavy atom. The van der Waals surface area contributed by atoms with E-state index in [9.17, 15) is 9.59 Å². The number of rotatable bonds is 6. The van der Waals surface area contributed by atoms with E-state index in [1.54, 1.807) is 21.5 Å². The third-order valence-electron chi connectivity index (χ3n) is 5.65. The standard InChI is InChI=1S/C23H25N7O3/c1-2-24-23(32)28-22-26-18-11-16(12-19(21(18)27-22)30-8-4-7-25-30)15-6-9-29(20(31)13-15)14-17-5-3-10-33-17/h4,6-9,11-13,17H,2-3,5,10,14H2,1H3,(H3,24,26,27,28,32). The zero-order valence-electron chi connectivity index (χ0n) is 18.2. The van der Waals surface area contributed by atoms with Crippen molar-refractivity contribution in [3.05, 3.63) is 59.3 Å². The summed E-state index contributed by atoms with van der Waals surface area (Å²) in [6.07, 6.45) is 7.43. The lowest BCUT2D eigenvalue weighted by Gasteiger charge is -2.13. The average molecular weight is 447 g/mol. The van der Waals surface area contributed by atoms with Gasteiger partial charge in [-0.1, -0.05) is 0 Å². The smallest absolute Gasteiger partial charge is 0.321 e. The summed E-state index contributed by atoms with van der Waals surface area (Å²) >= 11 is 0. The molecule has 33 heavy (non-hydrogen) atoms. The van der Waals surface area contributed by atoms with E-state index in [0.29, 0.717) is 24.6 Å². The molecule has 1 aromatic carbocycles. The van der Waals surface area contributed by atoms with E-state index in [0.717, 1.165) is 41.8 Å². The van der Waals surface area contributed by atoms with Crippen LogP contribution in [0.5, 0.6) is 0 Å². The molecule has 0 saturated carbocycles. The van der Waals surface area contributed by atoms with Crippen molar-refractivity contribution >= 4 is 23.0 Å². The molecular formula is C23H25N7O3. The second-order valence-electron chi connectivity index (χ2n) is 7.95. The van der Waals surface area contributed by atoms with Crippen molar-refractivity contribution in [1.82, 2.24) is 29.6 Å². The number of carbonyl (C=O) groups excluding carboxylic acids is 1. The van der Waals surface area contributed by atoms with Crippen molar-refractivity contribution < 1.29 is 9.53 Å². The van der Waals surface area contributed by atoms with Gasteiger partial charge in [-0.05, 0) is 55.2 Å². The van der Waals surface area contributed by atoms with Gasteiger partial charge in [0.15, 0.2) is 0 Å². The number of benzene rings is 1. The van der Waals surface area contributed by atoms with Crippen LogP contribution in [-0.2, 0) is 11.3 Å². The van der Waals surface area contributed by atoms with Gasteiger partial charge >= 0.3 is 6.03 Å². The van der Waals surface area contributed by atoms with E-state index in [2.05, 4.69) is 25.7 Å². The Hall–Kier alpha value is -3.92. The summed E-state index contributed by atoms with van der Waals surface area (Å²) < 4.78 is 9.07. The van der Waals surface area contributed by atoms with E-state index < -0.39 is 0 Å². The van der Waals surface area contributed by atoms with Crippen molar-refractivity contribution in [2.45, 2.75) is 32.4 Å². The quantitative estimate of drug-likeness (QED) is 0.420. The number of nitrogens with zero attached hydrogens (tertiary/aromatic N) is 4. The van der Waals surface area contributed by atoms with Gasteiger partial charge in [0.25, 0.3) is 5.56 Å². The lowest BCUT2D eigenvalue weighted by molar-refractivity contribution is 0.0962. The van der Waals surface area contributed by atoms with E-state index in [4.69, 9.17) is 4.74 Å². The van der Waals surface area contributed by atoms with Crippen molar-refractivity contribution in [1.29, 1.82) is 0 Å². The second kappa shape index (κ2) is 8.91. The van der Waals surface area contributed by atoms with E-state index in [-0.39, 0.29) is 17.7 Å². The van der Waals surface area contributed by atoms with Gasteiger partial charge in [0.2, 0.25) is 5.95 Å². The molecule has 3 aromatic heterocycles. The zero-order chi connectivity index (χ0) is 22.8. The molecule has 5 rings (SSSR count). The fraction of sp³-hybridized carbons (Fsp3) is 0.304. The van der Waals surface area contributed by atoms with Gasteiger partial charge in [-0.2, -0.15) is 5.10 Å². The molecule has 0 spiro atoms. The number of nitrogens with one attached hydrogen (secondary N) is 3. The Labute approximate surface area is 189 Å². The maximum atomic E-state index is 12.8. The highest BCUT2D eigenvalue weighted by Crippen LogP contribution is 2.29. The first-order chi connectivity index (χ1) is 16.1. The molecule has 1 atom stereocenters. The number of amides is 2. The van der Waals surface area contributed by atoms with Crippen molar-refractivity contribution in [3.63, 3.8) is 0 Å². The Morgan fingerprint density at radius 2 is 2.18 bits per heavy atom. The van der Waals surface area contributed by atoms with Crippen LogP contribution in [0.15, 0.2) is 53.7 Å². The monoisotopic (exact) mass is 447 g/mol. The van der Waals surface area contributed by atoms with Crippen molar-refractivity contribution in [2.24, 2.45) is 0 Å². The number of hydrogen-bond acceptors (Lipinski definition) is 5. The first-order valence-electron chi connectivity index (χ1n) is 11.0. The number of H-pyrrole nitrogens is 1. The number of anilines is 1. The molecule has 1 saturated heterocycles. The number of imidazole rings is 1. The largest absolute Gasteiger partial charge is 0.376 e.